The molecule has 3 fully saturated rings. The van der Waals surface area contributed by atoms with Crippen molar-refractivity contribution >= 4 is 35.6 Å². The van der Waals surface area contributed by atoms with Crippen LogP contribution in [0.25, 0.3) is 0 Å². The van der Waals surface area contributed by atoms with Crippen LogP contribution < -0.4 is 20.4 Å². The Labute approximate surface area is 237 Å². The minimum atomic E-state index is -0.306. The molecule has 5 rings (SSSR count). The van der Waals surface area contributed by atoms with Crippen molar-refractivity contribution in [2.24, 2.45) is 17.8 Å². The molecule has 0 spiro atoms. The fourth-order valence-electron chi connectivity index (χ4n) is 6.74. The molecule has 216 valence electrons. The summed E-state index contributed by atoms with van der Waals surface area (Å²) >= 11 is 0. The second kappa shape index (κ2) is 11.7. The molecule has 10 nitrogen and oxygen atoms in total. The molecular weight excluding hydrogens is 504 g/mol. The minimum absolute atomic E-state index is 0.0521. The summed E-state index contributed by atoms with van der Waals surface area (Å²) in [6.45, 7) is 15.8. The second-order valence-electron chi connectivity index (χ2n) is 12.2. The van der Waals surface area contributed by atoms with Crippen molar-refractivity contribution in [2.75, 3.05) is 47.8 Å². The molecule has 1 unspecified atom stereocenters. The van der Waals surface area contributed by atoms with E-state index in [4.69, 9.17) is 4.98 Å². The number of nitrogens with one attached hydrogen (secondary N) is 2. The highest BCUT2D eigenvalue weighted by Gasteiger charge is 2.52. The summed E-state index contributed by atoms with van der Waals surface area (Å²) in [5.41, 5.74) is 1.62. The third-order valence-electron chi connectivity index (χ3n) is 9.48. The Morgan fingerprint density at radius 3 is 2.42 bits per heavy atom. The first-order chi connectivity index (χ1) is 19.2. The average molecular weight is 549 g/mol. The Bertz CT molecular complexity index is 1190. The number of anilines is 4. The van der Waals surface area contributed by atoms with Gasteiger partial charge in [0.05, 0.1) is 17.4 Å². The Balaban J connectivity index is 1.38. The monoisotopic (exact) mass is 548 g/mol. The van der Waals surface area contributed by atoms with Crippen LogP contribution in [0, 0.1) is 17.8 Å². The van der Waals surface area contributed by atoms with Gasteiger partial charge in [0.15, 0.2) is 0 Å². The van der Waals surface area contributed by atoms with E-state index in [2.05, 4.69) is 71.1 Å². The van der Waals surface area contributed by atoms with Gasteiger partial charge in [0, 0.05) is 56.4 Å². The predicted octanol–water partition coefficient (Wildman–Crippen LogP) is 3.61. The summed E-state index contributed by atoms with van der Waals surface area (Å²) in [4.78, 5) is 45.9. The summed E-state index contributed by atoms with van der Waals surface area (Å²) in [6, 6.07) is 4.59. The van der Waals surface area contributed by atoms with E-state index in [0.29, 0.717) is 42.5 Å². The van der Waals surface area contributed by atoms with Crippen molar-refractivity contribution < 1.29 is 9.59 Å². The topological polar surface area (TPSA) is 107 Å². The number of hydrogen-bond acceptors (Lipinski definition) is 8. The van der Waals surface area contributed by atoms with Gasteiger partial charge in [0.2, 0.25) is 18.3 Å². The first kappa shape index (κ1) is 28.3. The van der Waals surface area contributed by atoms with E-state index in [1.807, 2.05) is 17.2 Å². The number of hydrogen-bond donors (Lipinski definition) is 2. The van der Waals surface area contributed by atoms with Crippen molar-refractivity contribution in [2.45, 2.75) is 71.9 Å². The summed E-state index contributed by atoms with van der Waals surface area (Å²) in [5.74, 6) is 2.14. The van der Waals surface area contributed by atoms with E-state index in [1.54, 1.807) is 6.20 Å². The fourth-order valence-corrected chi connectivity index (χ4v) is 6.74. The van der Waals surface area contributed by atoms with Crippen LogP contribution in [-0.2, 0) is 16.0 Å². The van der Waals surface area contributed by atoms with Gasteiger partial charge in [-0.05, 0) is 63.5 Å². The van der Waals surface area contributed by atoms with Crippen molar-refractivity contribution in [3.8, 4) is 0 Å². The first-order valence-corrected chi connectivity index (χ1v) is 14.8. The highest BCUT2D eigenvalue weighted by atomic mass is 16.2. The third kappa shape index (κ3) is 5.38. The van der Waals surface area contributed by atoms with Crippen molar-refractivity contribution in [3.63, 3.8) is 0 Å². The van der Waals surface area contributed by atoms with E-state index in [-0.39, 0.29) is 23.3 Å². The SMILES string of the molecule is CC(C)N1CCN(c2ccc(Nc3ncc(C[C@@H]4CCNC4=O)c(N(C=O)C4(C(C)C)CC[C@H]4C)n3)nc2)CC1. The third-order valence-corrected chi connectivity index (χ3v) is 9.48. The zero-order valence-corrected chi connectivity index (χ0v) is 24.6. The number of carbonyl (C=O) groups excluding carboxylic acids is 2. The summed E-state index contributed by atoms with van der Waals surface area (Å²) in [5, 5.41) is 6.17. The highest BCUT2D eigenvalue weighted by molar-refractivity contribution is 5.82. The summed E-state index contributed by atoms with van der Waals surface area (Å²) in [7, 11) is 0. The second-order valence-corrected chi connectivity index (χ2v) is 12.2. The van der Waals surface area contributed by atoms with Crippen molar-refractivity contribution in [1.82, 2.24) is 25.2 Å². The molecule has 2 aliphatic heterocycles. The zero-order chi connectivity index (χ0) is 28.4. The van der Waals surface area contributed by atoms with Gasteiger partial charge in [-0.3, -0.25) is 19.4 Å². The van der Waals surface area contributed by atoms with Crippen LogP contribution in [0.2, 0.25) is 0 Å². The van der Waals surface area contributed by atoms with Crippen molar-refractivity contribution in [3.05, 3.63) is 30.1 Å². The summed E-state index contributed by atoms with van der Waals surface area (Å²) in [6.07, 6.45) is 7.86. The van der Waals surface area contributed by atoms with E-state index >= 15 is 0 Å². The molecule has 2 N–H and O–H groups in total. The largest absolute Gasteiger partial charge is 0.368 e. The lowest BCUT2D eigenvalue weighted by Gasteiger charge is -2.56. The van der Waals surface area contributed by atoms with E-state index in [1.165, 1.54) is 0 Å². The average Bonchev–Trinajstić information content (AvgIpc) is 3.35. The molecule has 4 heterocycles. The molecule has 0 radical (unpaired) electrons. The van der Waals surface area contributed by atoms with Crippen LogP contribution in [0.15, 0.2) is 24.5 Å². The lowest BCUT2D eigenvalue weighted by Crippen LogP contribution is -2.63. The van der Waals surface area contributed by atoms with Gasteiger partial charge in [-0.1, -0.05) is 20.8 Å². The number of aromatic nitrogens is 3. The number of rotatable bonds is 10. The van der Waals surface area contributed by atoms with Crippen LogP contribution in [0.5, 0.6) is 0 Å². The van der Waals surface area contributed by atoms with Gasteiger partial charge in [-0.15, -0.1) is 0 Å². The Kier molecular flexibility index (Phi) is 8.26. The lowest BCUT2D eigenvalue weighted by atomic mass is 9.60. The standard InChI is InChI=1S/C30H44N8O2/c1-20(2)30(10-8-22(30)5)38(19-39)27-24(16-23-9-11-31-28(23)40)17-33-29(35-27)34-26-7-6-25(18-32-26)37-14-12-36(13-15-37)21(3)4/h6-7,17-23H,8-16H2,1-5H3,(H,31,40)(H,32,33,34,35)/t22-,23+,30?/m1/s1. The van der Waals surface area contributed by atoms with Crippen LogP contribution in [0.1, 0.15) is 59.4 Å². The molecule has 2 saturated heterocycles. The van der Waals surface area contributed by atoms with Gasteiger partial charge in [-0.25, -0.2) is 9.97 Å². The molecule has 2 aromatic heterocycles. The van der Waals surface area contributed by atoms with Gasteiger partial charge < -0.3 is 15.5 Å². The van der Waals surface area contributed by atoms with E-state index in [9.17, 15) is 9.59 Å². The molecule has 10 heteroatoms. The molecule has 40 heavy (non-hydrogen) atoms. The molecule has 0 bridgehead atoms. The Morgan fingerprint density at radius 1 is 1.12 bits per heavy atom. The van der Waals surface area contributed by atoms with E-state index < -0.39 is 0 Å². The van der Waals surface area contributed by atoms with Gasteiger partial charge in [0.25, 0.3) is 0 Å². The van der Waals surface area contributed by atoms with Crippen molar-refractivity contribution in [1.29, 1.82) is 0 Å². The number of carbonyl (C=O) groups is 2. The summed E-state index contributed by atoms with van der Waals surface area (Å²) < 4.78 is 0. The molecular formula is C30H44N8O2. The van der Waals surface area contributed by atoms with Crippen LogP contribution in [-0.4, -0.2) is 76.5 Å². The van der Waals surface area contributed by atoms with Gasteiger partial charge in [-0.2, -0.15) is 4.98 Å². The molecule has 1 saturated carbocycles. The van der Waals surface area contributed by atoms with Gasteiger partial charge >= 0.3 is 0 Å². The van der Waals surface area contributed by atoms with Crippen LogP contribution >= 0.6 is 0 Å². The molecule has 2 amide bonds. The molecule has 1 aliphatic carbocycles. The Morgan fingerprint density at radius 2 is 1.90 bits per heavy atom. The maximum absolute atomic E-state index is 12.7. The molecule has 2 aromatic rings. The molecule has 3 aliphatic rings. The number of piperazine rings is 1. The minimum Gasteiger partial charge on any atom is -0.368 e. The van der Waals surface area contributed by atoms with Gasteiger partial charge in [0.1, 0.15) is 11.6 Å². The van der Waals surface area contributed by atoms with Crippen LogP contribution in [0.4, 0.5) is 23.3 Å². The van der Waals surface area contributed by atoms with E-state index in [0.717, 1.165) is 63.1 Å². The lowest BCUT2D eigenvalue weighted by molar-refractivity contribution is -0.122. The number of nitrogens with zero attached hydrogens (tertiary/aromatic N) is 6. The fraction of sp³-hybridized carbons (Fsp3) is 0.633. The number of amides is 2. The number of pyridine rings is 1. The zero-order valence-electron chi connectivity index (χ0n) is 24.6. The maximum atomic E-state index is 12.7. The smallest absolute Gasteiger partial charge is 0.230 e. The maximum Gasteiger partial charge on any atom is 0.230 e. The molecule has 3 atom stereocenters. The predicted molar refractivity (Wildman–Crippen MR) is 158 cm³/mol. The Hall–Kier alpha value is -3.27. The quantitative estimate of drug-likeness (QED) is 0.434. The molecule has 0 aromatic carbocycles. The van der Waals surface area contributed by atoms with Crippen LogP contribution in [0.3, 0.4) is 0 Å². The normalized spacial score (nSPS) is 25.2. The highest BCUT2D eigenvalue weighted by Crippen LogP contribution is 2.49. The first-order valence-electron chi connectivity index (χ1n) is 14.8.